The zero-order valence-electron chi connectivity index (χ0n) is 14.2. The van der Waals surface area contributed by atoms with Crippen LogP contribution in [0.2, 0.25) is 0 Å². The Morgan fingerprint density at radius 3 is 2.23 bits per heavy atom. The molecule has 0 fully saturated rings. The van der Waals surface area contributed by atoms with Crippen LogP contribution < -0.4 is 10.1 Å². The fourth-order valence-electron chi connectivity index (χ4n) is 2.51. The lowest BCUT2D eigenvalue weighted by atomic mass is 10.1. The van der Waals surface area contributed by atoms with E-state index < -0.39 is 0 Å². The van der Waals surface area contributed by atoms with Crippen LogP contribution in [0.4, 0.5) is 5.69 Å². The summed E-state index contributed by atoms with van der Waals surface area (Å²) in [6, 6.07) is 20.6. The summed E-state index contributed by atoms with van der Waals surface area (Å²) in [4.78, 5) is 0. The molecule has 0 aromatic heterocycles. The summed E-state index contributed by atoms with van der Waals surface area (Å²) in [5.74, 6) is 0.860. The first kappa shape index (κ1) is 19.5. The van der Waals surface area contributed by atoms with Gasteiger partial charge < -0.3 is 10.1 Å². The molecule has 0 radical (unpaired) electrons. The van der Waals surface area contributed by atoms with E-state index in [1.165, 1.54) is 5.56 Å². The number of hydrogen-bond acceptors (Lipinski definition) is 2. The number of aryl methyl sites for hydroxylation is 1. The molecule has 0 saturated carbocycles. The van der Waals surface area contributed by atoms with Crippen LogP contribution in [0.15, 0.2) is 74.1 Å². The molecule has 0 aliphatic rings. The fourth-order valence-corrected chi connectivity index (χ4v) is 4.20. The average molecular weight is 540 g/mol. The van der Waals surface area contributed by atoms with Crippen molar-refractivity contribution in [3.63, 3.8) is 0 Å². The molecule has 0 saturated heterocycles. The molecular formula is C21H18Br3NO. The first-order valence-corrected chi connectivity index (χ1v) is 10.5. The molecule has 3 rings (SSSR count). The minimum atomic E-state index is 0.534. The lowest BCUT2D eigenvalue weighted by Gasteiger charge is -2.16. The van der Waals surface area contributed by atoms with Gasteiger partial charge in [-0.25, -0.2) is 0 Å². The summed E-state index contributed by atoms with van der Waals surface area (Å²) >= 11 is 10.7. The SMILES string of the molecule is Cc1ccc(COc2c(Br)cc(Br)cc2CNc2ccc(Br)cc2)cc1. The maximum absolute atomic E-state index is 6.14. The molecule has 2 nitrogen and oxygen atoms in total. The van der Waals surface area contributed by atoms with Crippen molar-refractivity contribution < 1.29 is 4.74 Å². The van der Waals surface area contributed by atoms with Gasteiger partial charge in [0, 0.05) is 26.7 Å². The Morgan fingerprint density at radius 2 is 1.54 bits per heavy atom. The first-order valence-electron chi connectivity index (χ1n) is 8.17. The normalized spacial score (nSPS) is 10.6. The zero-order valence-corrected chi connectivity index (χ0v) is 19.0. The van der Waals surface area contributed by atoms with E-state index in [0.29, 0.717) is 13.2 Å². The number of ether oxygens (including phenoxy) is 1. The van der Waals surface area contributed by atoms with Gasteiger partial charge in [0.2, 0.25) is 0 Å². The highest BCUT2D eigenvalue weighted by molar-refractivity contribution is 9.11. The molecule has 134 valence electrons. The molecule has 0 unspecified atom stereocenters. The quantitative estimate of drug-likeness (QED) is 0.351. The van der Waals surface area contributed by atoms with Crippen molar-refractivity contribution in [2.75, 3.05) is 5.32 Å². The van der Waals surface area contributed by atoms with E-state index in [9.17, 15) is 0 Å². The topological polar surface area (TPSA) is 21.3 Å². The Balaban J connectivity index is 1.75. The molecule has 0 bridgehead atoms. The highest BCUT2D eigenvalue weighted by Crippen LogP contribution is 2.34. The number of hydrogen-bond donors (Lipinski definition) is 1. The summed E-state index contributed by atoms with van der Waals surface area (Å²) < 4.78 is 9.16. The third kappa shape index (κ3) is 5.35. The molecular weight excluding hydrogens is 522 g/mol. The Kier molecular flexibility index (Phi) is 6.79. The molecule has 3 aromatic carbocycles. The Bertz CT molecular complexity index is 877. The van der Waals surface area contributed by atoms with Crippen LogP contribution in [0, 0.1) is 6.92 Å². The lowest BCUT2D eigenvalue weighted by Crippen LogP contribution is -2.04. The van der Waals surface area contributed by atoms with Gasteiger partial charge in [-0.2, -0.15) is 0 Å². The van der Waals surface area contributed by atoms with Crippen LogP contribution in [-0.4, -0.2) is 0 Å². The molecule has 1 N–H and O–H groups in total. The van der Waals surface area contributed by atoms with Crippen molar-refractivity contribution in [3.05, 3.63) is 90.8 Å². The minimum Gasteiger partial charge on any atom is -0.487 e. The molecule has 26 heavy (non-hydrogen) atoms. The lowest BCUT2D eigenvalue weighted by molar-refractivity contribution is 0.301. The maximum Gasteiger partial charge on any atom is 0.139 e. The second-order valence-corrected chi connectivity index (χ2v) is 8.70. The van der Waals surface area contributed by atoms with Crippen LogP contribution >= 0.6 is 47.8 Å². The van der Waals surface area contributed by atoms with Crippen molar-refractivity contribution in [3.8, 4) is 5.75 Å². The van der Waals surface area contributed by atoms with E-state index in [0.717, 1.165) is 36.0 Å². The second-order valence-electron chi connectivity index (χ2n) is 6.01. The highest BCUT2D eigenvalue weighted by Gasteiger charge is 2.11. The van der Waals surface area contributed by atoms with Gasteiger partial charge in [0.15, 0.2) is 0 Å². The van der Waals surface area contributed by atoms with Gasteiger partial charge in [0.05, 0.1) is 4.47 Å². The van der Waals surface area contributed by atoms with Crippen molar-refractivity contribution in [2.45, 2.75) is 20.1 Å². The van der Waals surface area contributed by atoms with E-state index in [1.807, 2.05) is 30.3 Å². The molecule has 0 amide bonds. The number of nitrogens with one attached hydrogen (secondary N) is 1. The van der Waals surface area contributed by atoms with E-state index in [2.05, 4.69) is 90.4 Å². The van der Waals surface area contributed by atoms with Crippen molar-refractivity contribution in [1.29, 1.82) is 0 Å². The Labute approximate surface area is 179 Å². The van der Waals surface area contributed by atoms with Crippen molar-refractivity contribution in [1.82, 2.24) is 0 Å². The largest absolute Gasteiger partial charge is 0.487 e. The predicted molar refractivity (Wildman–Crippen MR) is 119 cm³/mol. The van der Waals surface area contributed by atoms with Gasteiger partial charge >= 0.3 is 0 Å². The van der Waals surface area contributed by atoms with E-state index in [1.54, 1.807) is 0 Å². The summed E-state index contributed by atoms with van der Waals surface area (Å²) in [7, 11) is 0. The van der Waals surface area contributed by atoms with E-state index >= 15 is 0 Å². The van der Waals surface area contributed by atoms with Gasteiger partial charge in [-0.3, -0.25) is 0 Å². The summed E-state index contributed by atoms with van der Waals surface area (Å²) in [6.07, 6.45) is 0. The molecule has 0 atom stereocenters. The smallest absolute Gasteiger partial charge is 0.139 e. The van der Waals surface area contributed by atoms with E-state index in [-0.39, 0.29) is 0 Å². The summed E-state index contributed by atoms with van der Waals surface area (Å²) in [6.45, 7) is 3.29. The van der Waals surface area contributed by atoms with Crippen LogP contribution in [0.5, 0.6) is 5.75 Å². The number of benzene rings is 3. The highest BCUT2D eigenvalue weighted by atomic mass is 79.9. The number of anilines is 1. The second kappa shape index (κ2) is 9.07. The van der Waals surface area contributed by atoms with Crippen molar-refractivity contribution >= 4 is 53.5 Å². The Morgan fingerprint density at radius 1 is 0.846 bits per heavy atom. The fraction of sp³-hybridized carbons (Fsp3) is 0.143. The van der Waals surface area contributed by atoms with Gasteiger partial charge in [0.25, 0.3) is 0 Å². The standard InChI is InChI=1S/C21H18Br3NO/c1-14-2-4-15(5-3-14)13-26-21-16(10-18(23)11-20(21)24)12-25-19-8-6-17(22)7-9-19/h2-11,25H,12-13H2,1H3. The average Bonchev–Trinajstić information content (AvgIpc) is 2.62. The first-order chi connectivity index (χ1) is 12.5. The number of halogens is 3. The van der Waals surface area contributed by atoms with Gasteiger partial charge in [-0.15, -0.1) is 0 Å². The van der Waals surface area contributed by atoms with Gasteiger partial charge in [0.1, 0.15) is 12.4 Å². The van der Waals surface area contributed by atoms with Gasteiger partial charge in [-0.1, -0.05) is 61.7 Å². The Hall–Kier alpha value is -1.30. The van der Waals surface area contributed by atoms with Crippen LogP contribution in [0.25, 0.3) is 0 Å². The maximum atomic E-state index is 6.14. The molecule has 0 aliphatic carbocycles. The van der Waals surface area contributed by atoms with Crippen LogP contribution in [0.1, 0.15) is 16.7 Å². The molecule has 0 aliphatic heterocycles. The monoisotopic (exact) mass is 537 g/mol. The van der Waals surface area contributed by atoms with Crippen molar-refractivity contribution in [2.24, 2.45) is 0 Å². The van der Waals surface area contributed by atoms with E-state index in [4.69, 9.17) is 4.74 Å². The molecule has 5 heteroatoms. The summed E-state index contributed by atoms with van der Waals surface area (Å²) in [5, 5.41) is 3.45. The van der Waals surface area contributed by atoms with Gasteiger partial charge in [-0.05, 0) is 64.8 Å². The predicted octanol–water partition coefficient (Wildman–Crippen LogP) is 7.47. The molecule has 0 spiro atoms. The number of rotatable bonds is 6. The third-order valence-corrected chi connectivity index (χ3v) is 5.49. The molecule has 3 aromatic rings. The summed E-state index contributed by atoms with van der Waals surface area (Å²) in [5.41, 5.74) is 4.55. The zero-order chi connectivity index (χ0) is 18.5. The van der Waals surface area contributed by atoms with Crippen LogP contribution in [-0.2, 0) is 13.2 Å². The molecule has 0 heterocycles. The third-order valence-electron chi connectivity index (χ3n) is 3.92. The minimum absolute atomic E-state index is 0.534. The van der Waals surface area contributed by atoms with Crippen LogP contribution in [0.3, 0.4) is 0 Å².